The number of anilines is 1. The molecule has 142 valence electrons. The van der Waals surface area contributed by atoms with Crippen LogP contribution in [0.5, 0.6) is 0 Å². The van der Waals surface area contributed by atoms with Crippen LogP contribution in [0.3, 0.4) is 0 Å². The Morgan fingerprint density at radius 3 is 2.67 bits per heavy atom. The van der Waals surface area contributed by atoms with Crippen molar-refractivity contribution in [2.75, 3.05) is 32.5 Å². The third kappa shape index (κ3) is 3.99. The second-order valence-electron chi connectivity index (χ2n) is 6.86. The lowest BCUT2D eigenvalue weighted by Crippen LogP contribution is -2.28. The van der Waals surface area contributed by atoms with Crippen LogP contribution >= 0.6 is 11.6 Å². The fourth-order valence-corrected chi connectivity index (χ4v) is 3.41. The highest BCUT2D eigenvalue weighted by Crippen LogP contribution is 2.34. The van der Waals surface area contributed by atoms with Gasteiger partial charge in [-0.05, 0) is 57.8 Å². The predicted molar refractivity (Wildman–Crippen MR) is 114 cm³/mol. The highest BCUT2D eigenvalue weighted by molar-refractivity contribution is 6.31. The lowest BCUT2D eigenvalue weighted by atomic mass is 10.00. The first kappa shape index (κ1) is 19.4. The SMILES string of the molecule is CCn1c(=O)c(NCCN(C)C)c(-c2cccc(Cl)c2)c2ccc(C)nc21. The van der Waals surface area contributed by atoms with Crippen molar-refractivity contribution in [2.24, 2.45) is 0 Å². The van der Waals surface area contributed by atoms with Crippen LogP contribution in [-0.4, -0.2) is 41.6 Å². The highest BCUT2D eigenvalue weighted by Gasteiger charge is 2.19. The molecule has 5 nitrogen and oxygen atoms in total. The zero-order chi connectivity index (χ0) is 19.6. The van der Waals surface area contributed by atoms with Crippen molar-refractivity contribution in [3.05, 3.63) is 57.5 Å². The largest absolute Gasteiger partial charge is 0.379 e. The molecule has 2 aromatic heterocycles. The Balaban J connectivity index is 2.32. The molecule has 2 heterocycles. The zero-order valence-corrected chi connectivity index (χ0v) is 17.0. The Morgan fingerprint density at radius 1 is 1.22 bits per heavy atom. The fourth-order valence-electron chi connectivity index (χ4n) is 3.22. The van der Waals surface area contributed by atoms with E-state index in [0.29, 0.717) is 29.4 Å². The van der Waals surface area contributed by atoms with Crippen molar-refractivity contribution in [3.8, 4) is 11.1 Å². The molecule has 0 aliphatic heterocycles. The molecule has 0 unspecified atom stereocenters. The number of nitrogens with one attached hydrogen (secondary N) is 1. The lowest BCUT2D eigenvalue weighted by Gasteiger charge is -2.19. The smallest absolute Gasteiger partial charge is 0.276 e. The number of aryl methyl sites for hydroxylation is 2. The first-order valence-corrected chi connectivity index (χ1v) is 9.49. The normalized spacial score (nSPS) is 11.3. The standard InChI is InChI=1S/C21H25ClN4O/c1-5-26-20-17(10-9-14(2)24-20)18(15-7-6-8-16(22)13-15)19(21(26)27)23-11-12-25(3)4/h6-10,13,23H,5,11-12H2,1-4H3. The van der Waals surface area contributed by atoms with E-state index in [4.69, 9.17) is 11.6 Å². The number of halogens is 1. The summed E-state index contributed by atoms with van der Waals surface area (Å²) in [6, 6.07) is 11.6. The molecule has 1 N–H and O–H groups in total. The number of aromatic nitrogens is 2. The Labute approximate surface area is 164 Å². The van der Waals surface area contributed by atoms with Gasteiger partial charge in [-0.1, -0.05) is 23.7 Å². The second-order valence-corrected chi connectivity index (χ2v) is 7.30. The molecule has 0 bridgehead atoms. The van der Waals surface area contributed by atoms with Crippen molar-refractivity contribution < 1.29 is 0 Å². The Hall–Kier alpha value is -2.37. The molecule has 6 heteroatoms. The molecule has 3 rings (SSSR count). The summed E-state index contributed by atoms with van der Waals surface area (Å²) in [4.78, 5) is 20.0. The van der Waals surface area contributed by atoms with Gasteiger partial charge in [0.05, 0.1) is 0 Å². The van der Waals surface area contributed by atoms with Crippen LogP contribution in [-0.2, 0) is 6.54 Å². The van der Waals surface area contributed by atoms with E-state index in [1.54, 1.807) is 4.57 Å². The van der Waals surface area contributed by atoms with Gasteiger partial charge in [0.15, 0.2) is 0 Å². The van der Waals surface area contributed by atoms with E-state index in [2.05, 4.69) is 15.2 Å². The molecule has 0 atom stereocenters. The maximum absolute atomic E-state index is 13.3. The van der Waals surface area contributed by atoms with Crippen LogP contribution in [0.1, 0.15) is 12.6 Å². The minimum absolute atomic E-state index is 0.0585. The van der Waals surface area contributed by atoms with Crippen LogP contribution in [0.15, 0.2) is 41.2 Å². The van der Waals surface area contributed by atoms with Crippen molar-refractivity contribution >= 4 is 28.3 Å². The fraction of sp³-hybridized carbons (Fsp3) is 0.333. The van der Waals surface area contributed by atoms with Gasteiger partial charge in [0.1, 0.15) is 11.3 Å². The summed E-state index contributed by atoms with van der Waals surface area (Å²) in [6.45, 7) is 5.96. The van der Waals surface area contributed by atoms with Crippen LogP contribution in [0, 0.1) is 6.92 Å². The third-order valence-electron chi connectivity index (χ3n) is 4.54. The maximum Gasteiger partial charge on any atom is 0.276 e. The van der Waals surface area contributed by atoms with E-state index in [1.165, 1.54) is 0 Å². The molecule has 0 saturated heterocycles. The lowest BCUT2D eigenvalue weighted by molar-refractivity contribution is 0.425. The maximum atomic E-state index is 13.3. The predicted octanol–water partition coefficient (Wildman–Crippen LogP) is 4.02. The molecule has 0 radical (unpaired) electrons. The second kappa shape index (κ2) is 8.11. The van der Waals surface area contributed by atoms with Gasteiger partial charge in [0.25, 0.3) is 5.56 Å². The van der Waals surface area contributed by atoms with Crippen molar-refractivity contribution in [2.45, 2.75) is 20.4 Å². The average Bonchev–Trinajstić information content (AvgIpc) is 2.62. The topological polar surface area (TPSA) is 50.2 Å². The number of hydrogen-bond donors (Lipinski definition) is 1. The first-order valence-electron chi connectivity index (χ1n) is 9.11. The molecule has 0 spiro atoms. The average molecular weight is 385 g/mol. The molecule has 27 heavy (non-hydrogen) atoms. The van der Waals surface area contributed by atoms with E-state index < -0.39 is 0 Å². The van der Waals surface area contributed by atoms with Crippen molar-refractivity contribution in [3.63, 3.8) is 0 Å². The number of hydrogen-bond acceptors (Lipinski definition) is 4. The number of benzene rings is 1. The number of pyridine rings is 2. The number of likely N-dealkylation sites (N-methyl/N-ethyl adjacent to an activating group) is 1. The van der Waals surface area contributed by atoms with Crippen LogP contribution in [0.2, 0.25) is 5.02 Å². The zero-order valence-electron chi connectivity index (χ0n) is 16.2. The first-order chi connectivity index (χ1) is 12.9. The Morgan fingerprint density at radius 2 is 2.00 bits per heavy atom. The van der Waals surface area contributed by atoms with Crippen LogP contribution < -0.4 is 10.9 Å². The van der Waals surface area contributed by atoms with Gasteiger partial charge >= 0.3 is 0 Å². The van der Waals surface area contributed by atoms with E-state index >= 15 is 0 Å². The third-order valence-corrected chi connectivity index (χ3v) is 4.77. The van der Waals surface area contributed by atoms with Crippen molar-refractivity contribution in [1.29, 1.82) is 0 Å². The van der Waals surface area contributed by atoms with E-state index in [9.17, 15) is 4.79 Å². The monoisotopic (exact) mass is 384 g/mol. The summed E-state index contributed by atoms with van der Waals surface area (Å²) in [5.74, 6) is 0. The molecular weight excluding hydrogens is 360 g/mol. The minimum Gasteiger partial charge on any atom is -0.379 e. The number of fused-ring (bicyclic) bond motifs is 1. The van der Waals surface area contributed by atoms with Gasteiger partial charge in [0, 0.05) is 41.3 Å². The summed E-state index contributed by atoms with van der Waals surface area (Å²) in [7, 11) is 4.02. The van der Waals surface area contributed by atoms with E-state index in [0.717, 1.165) is 28.8 Å². The van der Waals surface area contributed by atoms with E-state index in [1.807, 2.05) is 64.3 Å². The summed E-state index contributed by atoms with van der Waals surface area (Å²) in [5.41, 5.74) is 3.89. The van der Waals surface area contributed by atoms with Crippen molar-refractivity contribution in [1.82, 2.24) is 14.5 Å². The van der Waals surface area contributed by atoms with Gasteiger partial charge in [-0.3, -0.25) is 9.36 Å². The summed E-state index contributed by atoms with van der Waals surface area (Å²) in [5, 5.41) is 4.95. The molecule has 1 aromatic carbocycles. The Bertz CT molecular complexity index is 1030. The molecule has 3 aromatic rings. The molecule has 0 saturated carbocycles. The number of nitrogens with zero attached hydrogens (tertiary/aromatic N) is 3. The van der Waals surface area contributed by atoms with Gasteiger partial charge in [0.2, 0.25) is 0 Å². The van der Waals surface area contributed by atoms with Crippen LogP contribution in [0.25, 0.3) is 22.2 Å². The summed E-state index contributed by atoms with van der Waals surface area (Å²) < 4.78 is 1.73. The molecule has 0 aliphatic rings. The Kier molecular flexibility index (Phi) is 5.82. The van der Waals surface area contributed by atoms with Gasteiger partial charge in [-0.25, -0.2) is 4.98 Å². The van der Waals surface area contributed by atoms with Gasteiger partial charge < -0.3 is 10.2 Å². The molecule has 0 aliphatic carbocycles. The summed E-state index contributed by atoms with van der Waals surface area (Å²) >= 11 is 6.24. The van der Waals surface area contributed by atoms with E-state index in [-0.39, 0.29) is 5.56 Å². The van der Waals surface area contributed by atoms with Crippen LogP contribution in [0.4, 0.5) is 5.69 Å². The molecule has 0 fully saturated rings. The van der Waals surface area contributed by atoms with Gasteiger partial charge in [-0.2, -0.15) is 0 Å². The quantitative estimate of drug-likeness (QED) is 0.697. The minimum atomic E-state index is -0.0585. The number of rotatable bonds is 6. The highest BCUT2D eigenvalue weighted by atomic mass is 35.5. The van der Waals surface area contributed by atoms with Gasteiger partial charge in [-0.15, -0.1) is 0 Å². The molecule has 0 amide bonds. The summed E-state index contributed by atoms with van der Waals surface area (Å²) in [6.07, 6.45) is 0. The molecular formula is C21H25ClN4O.